The van der Waals surface area contributed by atoms with Crippen molar-refractivity contribution in [1.82, 2.24) is 9.61 Å². The van der Waals surface area contributed by atoms with Gasteiger partial charge >= 0.3 is 0 Å². The normalized spacial score (nSPS) is 13.7. The van der Waals surface area contributed by atoms with Gasteiger partial charge in [0.15, 0.2) is 0 Å². The summed E-state index contributed by atoms with van der Waals surface area (Å²) in [5.74, 6) is 1.22. The van der Waals surface area contributed by atoms with Gasteiger partial charge in [0.05, 0.1) is 11.7 Å². The largest absolute Gasteiger partial charge is 0.241 e. The number of pyridine rings is 1. The molecule has 0 aliphatic carbocycles. The van der Waals surface area contributed by atoms with Crippen molar-refractivity contribution in [1.29, 1.82) is 0 Å². The summed E-state index contributed by atoms with van der Waals surface area (Å²) in [5.41, 5.74) is 2.58. The summed E-state index contributed by atoms with van der Waals surface area (Å²) < 4.78 is 1.94. The lowest BCUT2D eigenvalue weighted by Gasteiger charge is -2.13. The Morgan fingerprint density at radius 2 is 2.00 bits per heavy atom. The minimum absolute atomic E-state index is 0.565. The summed E-state index contributed by atoms with van der Waals surface area (Å²) >= 11 is 0. The van der Waals surface area contributed by atoms with E-state index in [-0.39, 0.29) is 0 Å². The van der Waals surface area contributed by atoms with Gasteiger partial charge in [-0.15, -0.1) is 0 Å². The topological polar surface area (TPSA) is 17.3 Å². The molecule has 2 aromatic heterocycles. The van der Waals surface area contributed by atoms with Crippen LogP contribution in [0, 0.1) is 5.92 Å². The standard InChI is InChI=1S/C12H16N2/c1-9(2)10(3)11-8-13-14-7-5-4-6-12(11)14/h4-10H,1-3H3. The van der Waals surface area contributed by atoms with Crippen LogP contribution in [0.4, 0.5) is 0 Å². The molecule has 0 bridgehead atoms. The van der Waals surface area contributed by atoms with E-state index in [2.05, 4.69) is 38.0 Å². The van der Waals surface area contributed by atoms with Gasteiger partial charge in [0, 0.05) is 11.8 Å². The number of fused-ring (bicyclic) bond motifs is 1. The van der Waals surface area contributed by atoms with E-state index in [1.807, 2.05) is 23.0 Å². The lowest BCUT2D eigenvalue weighted by molar-refractivity contribution is 0.538. The number of hydrogen-bond donors (Lipinski definition) is 0. The van der Waals surface area contributed by atoms with Crippen molar-refractivity contribution in [2.24, 2.45) is 5.92 Å². The molecule has 0 saturated carbocycles. The smallest absolute Gasteiger partial charge is 0.0696 e. The van der Waals surface area contributed by atoms with E-state index in [4.69, 9.17) is 0 Å². The average Bonchev–Trinajstić information content (AvgIpc) is 2.60. The monoisotopic (exact) mass is 188 g/mol. The molecule has 14 heavy (non-hydrogen) atoms. The molecule has 2 heteroatoms. The van der Waals surface area contributed by atoms with Crippen LogP contribution < -0.4 is 0 Å². The summed E-state index contributed by atoms with van der Waals surface area (Å²) in [4.78, 5) is 0. The third kappa shape index (κ3) is 1.41. The number of nitrogens with zero attached hydrogens (tertiary/aromatic N) is 2. The fourth-order valence-electron chi connectivity index (χ4n) is 1.66. The van der Waals surface area contributed by atoms with E-state index in [0.29, 0.717) is 11.8 Å². The van der Waals surface area contributed by atoms with Gasteiger partial charge in [0.2, 0.25) is 0 Å². The van der Waals surface area contributed by atoms with Gasteiger partial charge in [0.1, 0.15) is 0 Å². The van der Waals surface area contributed by atoms with Gasteiger partial charge in [-0.3, -0.25) is 0 Å². The highest BCUT2D eigenvalue weighted by Gasteiger charge is 2.14. The molecule has 2 heterocycles. The minimum atomic E-state index is 0.565. The molecule has 0 saturated heterocycles. The second-order valence-electron chi connectivity index (χ2n) is 4.16. The molecule has 0 aromatic carbocycles. The van der Waals surface area contributed by atoms with E-state index in [9.17, 15) is 0 Å². The van der Waals surface area contributed by atoms with E-state index < -0.39 is 0 Å². The molecular formula is C12H16N2. The number of hydrogen-bond acceptors (Lipinski definition) is 1. The molecule has 2 nitrogen and oxygen atoms in total. The lowest BCUT2D eigenvalue weighted by Crippen LogP contribution is -2.01. The van der Waals surface area contributed by atoms with Crippen molar-refractivity contribution in [3.63, 3.8) is 0 Å². The third-order valence-corrected chi connectivity index (χ3v) is 2.95. The number of rotatable bonds is 2. The molecule has 2 rings (SSSR count). The van der Waals surface area contributed by atoms with Crippen LogP contribution in [0.15, 0.2) is 30.6 Å². The summed E-state index contributed by atoms with van der Waals surface area (Å²) in [6, 6.07) is 6.19. The van der Waals surface area contributed by atoms with Crippen molar-refractivity contribution < 1.29 is 0 Å². The van der Waals surface area contributed by atoms with Crippen LogP contribution in [0.25, 0.3) is 5.52 Å². The van der Waals surface area contributed by atoms with Crippen LogP contribution in [0.2, 0.25) is 0 Å². The molecule has 0 aliphatic rings. The van der Waals surface area contributed by atoms with Crippen molar-refractivity contribution in [2.45, 2.75) is 26.7 Å². The predicted octanol–water partition coefficient (Wildman–Crippen LogP) is 3.09. The van der Waals surface area contributed by atoms with Gasteiger partial charge < -0.3 is 0 Å². The van der Waals surface area contributed by atoms with Gasteiger partial charge in [0.25, 0.3) is 0 Å². The minimum Gasteiger partial charge on any atom is -0.241 e. The van der Waals surface area contributed by atoms with Gasteiger partial charge in [-0.25, -0.2) is 4.52 Å². The Kier molecular flexibility index (Phi) is 2.28. The van der Waals surface area contributed by atoms with Crippen molar-refractivity contribution in [3.05, 3.63) is 36.2 Å². The molecule has 1 unspecified atom stereocenters. The second kappa shape index (κ2) is 3.45. The SMILES string of the molecule is CC(C)C(C)c1cnn2ccccc12. The maximum absolute atomic E-state index is 4.34. The highest BCUT2D eigenvalue weighted by atomic mass is 15.2. The van der Waals surface area contributed by atoms with Crippen molar-refractivity contribution in [3.8, 4) is 0 Å². The molecule has 2 aromatic rings. The lowest BCUT2D eigenvalue weighted by atomic mass is 9.91. The second-order valence-corrected chi connectivity index (χ2v) is 4.16. The third-order valence-electron chi connectivity index (χ3n) is 2.95. The summed E-state index contributed by atoms with van der Waals surface area (Å²) in [6.07, 6.45) is 3.98. The van der Waals surface area contributed by atoms with Gasteiger partial charge in [-0.05, 0) is 24.0 Å². The Labute approximate surface area is 84.6 Å². The van der Waals surface area contributed by atoms with E-state index in [1.165, 1.54) is 11.1 Å². The zero-order valence-corrected chi connectivity index (χ0v) is 8.94. The van der Waals surface area contributed by atoms with Crippen molar-refractivity contribution in [2.75, 3.05) is 0 Å². The zero-order chi connectivity index (χ0) is 10.1. The Morgan fingerprint density at radius 3 is 2.71 bits per heavy atom. The maximum atomic E-state index is 4.34. The van der Waals surface area contributed by atoms with E-state index in [1.54, 1.807) is 0 Å². The molecule has 0 amide bonds. The average molecular weight is 188 g/mol. The molecule has 0 spiro atoms. The van der Waals surface area contributed by atoms with Crippen LogP contribution in [0.3, 0.4) is 0 Å². The molecule has 0 fully saturated rings. The quantitative estimate of drug-likeness (QED) is 0.708. The maximum Gasteiger partial charge on any atom is 0.0696 e. The first kappa shape index (κ1) is 9.25. The Hall–Kier alpha value is -1.31. The van der Waals surface area contributed by atoms with Crippen LogP contribution in [0.5, 0.6) is 0 Å². The summed E-state index contributed by atoms with van der Waals surface area (Å²) in [5, 5.41) is 4.34. The fourth-order valence-corrected chi connectivity index (χ4v) is 1.66. The molecule has 74 valence electrons. The molecule has 0 radical (unpaired) electrons. The Morgan fingerprint density at radius 1 is 1.21 bits per heavy atom. The zero-order valence-electron chi connectivity index (χ0n) is 8.94. The van der Waals surface area contributed by atoms with Crippen LogP contribution >= 0.6 is 0 Å². The Bertz CT molecular complexity index is 429. The fraction of sp³-hybridized carbons (Fsp3) is 0.417. The van der Waals surface area contributed by atoms with Crippen LogP contribution in [-0.4, -0.2) is 9.61 Å². The van der Waals surface area contributed by atoms with E-state index >= 15 is 0 Å². The first-order chi connectivity index (χ1) is 6.70. The first-order valence-corrected chi connectivity index (χ1v) is 5.12. The summed E-state index contributed by atoms with van der Waals surface area (Å²) in [6.45, 7) is 6.75. The van der Waals surface area contributed by atoms with Crippen LogP contribution in [0.1, 0.15) is 32.3 Å². The molecule has 1 atom stereocenters. The summed E-state index contributed by atoms with van der Waals surface area (Å²) in [7, 11) is 0. The van der Waals surface area contributed by atoms with Gasteiger partial charge in [-0.1, -0.05) is 26.8 Å². The Balaban J connectivity index is 2.53. The molecule has 0 aliphatic heterocycles. The highest BCUT2D eigenvalue weighted by molar-refractivity contribution is 5.54. The number of aromatic nitrogens is 2. The van der Waals surface area contributed by atoms with Crippen LogP contribution in [-0.2, 0) is 0 Å². The molecular weight excluding hydrogens is 172 g/mol. The predicted molar refractivity (Wildman–Crippen MR) is 58.4 cm³/mol. The van der Waals surface area contributed by atoms with Crippen molar-refractivity contribution >= 4 is 5.52 Å². The van der Waals surface area contributed by atoms with E-state index in [0.717, 1.165) is 0 Å². The van der Waals surface area contributed by atoms with Gasteiger partial charge in [-0.2, -0.15) is 5.10 Å². The first-order valence-electron chi connectivity index (χ1n) is 5.12. The molecule has 0 N–H and O–H groups in total. The highest BCUT2D eigenvalue weighted by Crippen LogP contribution is 2.26.